The lowest BCUT2D eigenvalue weighted by Crippen LogP contribution is -2.58. The molecule has 1 spiro atoms. The first-order valence-electron chi connectivity index (χ1n) is 23.7. The van der Waals surface area contributed by atoms with Crippen LogP contribution in [-0.4, -0.2) is 140 Å². The molecule has 15 heteroatoms. The maximum Gasteiger partial charge on any atom is 0.316 e. The Balaban J connectivity index is 1.20. The molecule has 4 saturated heterocycles. The summed E-state index contributed by atoms with van der Waals surface area (Å²) in [7, 11) is 3.21. The van der Waals surface area contributed by atoms with Crippen molar-refractivity contribution in [1.29, 1.82) is 0 Å². The molecule has 6 heterocycles. The highest BCUT2D eigenvalue weighted by atomic mass is 16.7. The molecule has 0 unspecified atom stereocenters. The van der Waals surface area contributed by atoms with Crippen LogP contribution in [0.1, 0.15) is 101 Å². The van der Waals surface area contributed by atoms with Gasteiger partial charge in [0.25, 0.3) is 0 Å². The first-order valence-corrected chi connectivity index (χ1v) is 23.7. The summed E-state index contributed by atoms with van der Waals surface area (Å²) in [4.78, 5) is 26.9. The highest BCUT2D eigenvalue weighted by Crippen LogP contribution is 2.48. The van der Waals surface area contributed by atoms with Crippen LogP contribution in [-0.2, 0) is 61.7 Å². The zero-order valence-electron chi connectivity index (χ0n) is 40.1. The summed E-state index contributed by atoms with van der Waals surface area (Å²) in [6.07, 6.45) is 8.47. The minimum absolute atomic E-state index is 0.00461. The highest BCUT2D eigenvalue weighted by molar-refractivity contribution is 5.79. The van der Waals surface area contributed by atoms with Crippen LogP contribution in [0.4, 0.5) is 0 Å². The number of aliphatic hydroxyl groups is 2. The summed E-state index contributed by atoms with van der Waals surface area (Å²) < 4.78 is 69.7. The summed E-state index contributed by atoms with van der Waals surface area (Å²) in [6.45, 7) is 17.4. The predicted molar refractivity (Wildman–Crippen MR) is 237 cm³/mol. The number of hydrogen-bond acceptors (Lipinski definition) is 15. The van der Waals surface area contributed by atoms with Gasteiger partial charge in [0.15, 0.2) is 24.5 Å². The number of methoxy groups -OCH3 is 2. The molecule has 65 heavy (non-hydrogen) atoms. The molecule has 0 amide bonds. The van der Waals surface area contributed by atoms with Crippen molar-refractivity contribution < 1.29 is 71.9 Å². The summed E-state index contributed by atoms with van der Waals surface area (Å²) in [6, 6.07) is 0. The van der Waals surface area contributed by atoms with Crippen LogP contribution in [0.2, 0.25) is 0 Å². The van der Waals surface area contributed by atoms with Gasteiger partial charge >= 0.3 is 11.9 Å². The van der Waals surface area contributed by atoms with Gasteiger partial charge in [0.1, 0.15) is 35.9 Å². The van der Waals surface area contributed by atoms with Crippen molar-refractivity contribution in [1.82, 2.24) is 0 Å². The number of fused-ring (bicyclic) bond motifs is 2. The fourth-order valence-corrected chi connectivity index (χ4v) is 10.9. The van der Waals surface area contributed by atoms with Crippen molar-refractivity contribution in [3.63, 3.8) is 0 Å². The molecule has 2 bridgehead atoms. The molecule has 6 aliphatic heterocycles. The van der Waals surface area contributed by atoms with Crippen molar-refractivity contribution in [2.45, 2.75) is 198 Å². The van der Waals surface area contributed by atoms with Crippen molar-refractivity contribution in [2.75, 3.05) is 20.8 Å². The third-order valence-electron chi connectivity index (χ3n) is 14.8. The van der Waals surface area contributed by atoms with E-state index in [1.165, 1.54) is 6.92 Å². The van der Waals surface area contributed by atoms with Gasteiger partial charge in [-0.25, -0.2) is 0 Å². The highest BCUT2D eigenvalue weighted by Gasteiger charge is 2.61. The zero-order valence-corrected chi connectivity index (χ0v) is 40.1. The second-order valence-electron chi connectivity index (χ2n) is 19.5. The van der Waals surface area contributed by atoms with E-state index in [1.807, 2.05) is 32.1 Å². The van der Waals surface area contributed by atoms with Gasteiger partial charge in [-0.15, -0.1) is 0 Å². The minimum Gasteiger partial charge on any atom is -0.462 e. The Morgan fingerprint density at radius 1 is 0.908 bits per heavy atom. The van der Waals surface area contributed by atoms with Crippen LogP contribution < -0.4 is 0 Å². The van der Waals surface area contributed by atoms with E-state index in [-0.39, 0.29) is 36.9 Å². The fraction of sp³-hybridized carbons (Fsp3) is 0.760. The molecule has 0 aromatic heterocycles. The Morgan fingerprint density at radius 2 is 1.62 bits per heavy atom. The fourth-order valence-electron chi connectivity index (χ4n) is 10.9. The van der Waals surface area contributed by atoms with Crippen molar-refractivity contribution in [2.24, 2.45) is 23.7 Å². The van der Waals surface area contributed by atoms with Crippen molar-refractivity contribution >= 4 is 11.9 Å². The molecular formula is C50H74O15. The number of aliphatic hydroxyl groups excluding tert-OH is 1. The van der Waals surface area contributed by atoms with Gasteiger partial charge in [0.2, 0.25) is 0 Å². The second kappa shape index (κ2) is 20.8. The van der Waals surface area contributed by atoms with Gasteiger partial charge in [0, 0.05) is 58.7 Å². The normalized spacial score (nSPS) is 47.3. The van der Waals surface area contributed by atoms with Crippen LogP contribution in [0.15, 0.2) is 59.3 Å². The molecule has 0 aromatic rings. The van der Waals surface area contributed by atoms with Gasteiger partial charge in [0.05, 0.1) is 49.3 Å². The van der Waals surface area contributed by atoms with E-state index in [1.54, 1.807) is 40.2 Å². The third kappa shape index (κ3) is 10.6. The van der Waals surface area contributed by atoms with Gasteiger partial charge in [-0.05, 0) is 62.8 Å². The monoisotopic (exact) mass is 915 g/mol. The van der Waals surface area contributed by atoms with E-state index in [9.17, 15) is 19.8 Å². The van der Waals surface area contributed by atoms with Crippen molar-refractivity contribution in [3.8, 4) is 0 Å². The summed E-state index contributed by atoms with van der Waals surface area (Å²) in [5.41, 5.74) is 0.115. The van der Waals surface area contributed by atoms with E-state index >= 15 is 0 Å². The summed E-state index contributed by atoms with van der Waals surface area (Å²) in [5.74, 6) is -3.23. The van der Waals surface area contributed by atoms with E-state index in [0.29, 0.717) is 36.8 Å². The molecule has 20 atom stereocenters. The number of carbonyl (C=O) groups is 2. The topological polar surface area (TPSA) is 176 Å². The number of carbonyl (C=O) groups excluding carboxylic acids is 2. The Morgan fingerprint density at radius 3 is 2.32 bits per heavy atom. The van der Waals surface area contributed by atoms with Crippen molar-refractivity contribution in [3.05, 3.63) is 59.3 Å². The average molecular weight is 915 g/mol. The Labute approximate surface area is 384 Å². The molecule has 15 nitrogen and oxygen atoms in total. The zero-order chi connectivity index (χ0) is 47.0. The maximum absolute atomic E-state index is 14.5. The molecule has 7 aliphatic rings. The third-order valence-corrected chi connectivity index (χ3v) is 14.8. The number of ether oxygens (including phenoxy) is 11. The molecule has 0 radical (unpaired) electrons. The molecule has 0 aromatic carbocycles. The molecular weight excluding hydrogens is 841 g/mol. The molecule has 364 valence electrons. The molecule has 1 aliphatic carbocycles. The summed E-state index contributed by atoms with van der Waals surface area (Å²) in [5, 5.41) is 23.3. The second-order valence-corrected chi connectivity index (χ2v) is 19.5. The van der Waals surface area contributed by atoms with E-state index in [2.05, 4.69) is 39.8 Å². The van der Waals surface area contributed by atoms with Crippen LogP contribution in [0, 0.1) is 23.7 Å². The number of allylic oxidation sites excluding steroid dienone is 2. The number of hydrogen-bond donors (Lipinski definition) is 2. The first-order chi connectivity index (χ1) is 30.9. The van der Waals surface area contributed by atoms with Crippen LogP contribution in [0.3, 0.4) is 0 Å². The molecule has 7 rings (SSSR count). The molecule has 4 fully saturated rings. The Bertz CT molecular complexity index is 1840. The van der Waals surface area contributed by atoms with Crippen LogP contribution in [0.25, 0.3) is 0 Å². The van der Waals surface area contributed by atoms with E-state index < -0.39 is 109 Å². The molecule has 0 saturated carbocycles. The van der Waals surface area contributed by atoms with Gasteiger partial charge in [-0.1, -0.05) is 70.6 Å². The largest absolute Gasteiger partial charge is 0.462 e. The minimum atomic E-state index is -1.88. The predicted octanol–water partition coefficient (Wildman–Crippen LogP) is 5.95. The van der Waals surface area contributed by atoms with Crippen LogP contribution in [0.5, 0.6) is 0 Å². The first kappa shape index (κ1) is 50.1. The van der Waals surface area contributed by atoms with Crippen LogP contribution >= 0.6 is 0 Å². The lowest BCUT2D eigenvalue weighted by Gasteiger charge is -2.48. The van der Waals surface area contributed by atoms with Gasteiger partial charge in [-0.2, -0.15) is 0 Å². The quantitative estimate of drug-likeness (QED) is 0.205. The van der Waals surface area contributed by atoms with E-state index in [4.69, 9.17) is 52.1 Å². The lowest BCUT2D eigenvalue weighted by molar-refractivity contribution is -0.318. The van der Waals surface area contributed by atoms with Gasteiger partial charge in [-0.3, -0.25) is 9.59 Å². The van der Waals surface area contributed by atoms with E-state index in [0.717, 1.165) is 12.0 Å². The van der Waals surface area contributed by atoms with Gasteiger partial charge < -0.3 is 62.3 Å². The number of rotatable bonds is 9. The number of esters is 2. The Kier molecular flexibility index (Phi) is 16.0. The lowest BCUT2D eigenvalue weighted by atomic mass is 9.70. The molecule has 2 N–H and O–H groups in total. The summed E-state index contributed by atoms with van der Waals surface area (Å²) >= 11 is 0. The maximum atomic E-state index is 14.5. The Hall–Kier alpha value is -2.80. The average Bonchev–Trinajstić information content (AvgIpc) is 3.60. The standard InChI is InChI=1S/C50H74O15/c1-12-26(2)44-29(5)18-19-49(65-44)24-36-21-35(64-49)17-16-28(4)43(62-41-23-39(56-11)46(32(8)59-41)63-40-22-38(55-10)42(52)31(7)58-40)27(3)14-13-15-34-25-57-47-45(60-33(9)51)30(6)20-37(48(53)61-36)50(34,47)54/h13-16,18-20,26-27,29,31-32,35-47,52,54H,12,17,21-25H2,1-11H3/b14-13+,28-16+,34-15+/t26-,27-,29-,31-,32-,35+,36-,37-,38+,39+,40-,41-,42-,43-,44+,45+,46-,47+,49+,50+/m0/s1. The SMILES string of the molecule is CC[C@H](C)[C@H]1O[C@]2(C=C[C@@H]1C)C[C@@H]1C[C@@H](C/C=C(\C)[C@@H](O[C@H]3C[C@@H](OC)[C@@H](O[C@H]4C[C@@H](OC)[C@@H](O)[C@H](C)O4)[C@H](C)O3)[C@@H](C)/C=C/C=C3\CO[C@@H]4[C@H](OC(C)=O)C(C)=C[C@@H](C(=O)O1)[C@]34O)O2. The smallest absolute Gasteiger partial charge is 0.316 e.